The summed E-state index contributed by atoms with van der Waals surface area (Å²) in [6.07, 6.45) is 2.42. The second-order valence-corrected chi connectivity index (χ2v) is 7.05. The second-order valence-electron chi connectivity index (χ2n) is 7.05. The molecule has 0 aromatic heterocycles. The zero-order valence-electron chi connectivity index (χ0n) is 13.7. The van der Waals surface area contributed by atoms with Gasteiger partial charge in [-0.2, -0.15) is 0 Å². The van der Waals surface area contributed by atoms with Crippen LogP contribution in [0.15, 0.2) is 30.3 Å². The molecule has 1 amide bonds. The third-order valence-electron chi connectivity index (χ3n) is 4.02. The third-order valence-corrected chi connectivity index (χ3v) is 4.02. The summed E-state index contributed by atoms with van der Waals surface area (Å²) in [4.78, 5) is 14.3. The van der Waals surface area contributed by atoms with Gasteiger partial charge in [0.05, 0.1) is 25.3 Å². The Balaban J connectivity index is 1.84. The number of benzene rings is 1. The van der Waals surface area contributed by atoms with Crippen molar-refractivity contribution in [3.05, 3.63) is 41.7 Å². The van der Waals surface area contributed by atoms with E-state index in [2.05, 4.69) is 0 Å². The molecule has 1 fully saturated rings. The first-order valence-corrected chi connectivity index (χ1v) is 7.89. The van der Waals surface area contributed by atoms with Crippen LogP contribution in [-0.2, 0) is 9.47 Å². The Morgan fingerprint density at radius 1 is 1.26 bits per heavy atom. The first-order valence-electron chi connectivity index (χ1n) is 7.89. The number of morpholine rings is 1. The average Bonchev–Trinajstić information content (AvgIpc) is 2.44. The smallest absolute Gasteiger partial charge is 0.411 e. The average molecular weight is 319 g/mol. The van der Waals surface area contributed by atoms with Crippen molar-refractivity contribution >= 4 is 11.7 Å². The van der Waals surface area contributed by atoms with Gasteiger partial charge in [-0.05, 0) is 50.5 Å². The first-order chi connectivity index (χ1) is 10.8. The van der Waals surface area contributed by atoms with Crippen molar-refractivity contribution in [3.63, 3.8) is 0 Å². The van der Waals surface area contributed by atoms with Crippen LogP contribution < -0.4 is 0 Å². The molecule has 2 unspecified atom stereocenters. The molecule has 2 bridgehead atoms. The van der Waals surface area contributed by atoms with E-state index in [9.17, 15) is 9.18 Å². The lowest BCUT2D eigenvalue weighted by Crippen LogP contribution is -2.57. The molecule has 0 aliphatic carbocycles. The zero-order chi connectivity index (χ0) is 16.6. The van der Waals surface area contributed by atoms with Crippen LogP contribution in [0.25, 0.3) is 5.57 Å². The van der Waals surface area contributed by atoms with Crippen molar-refractivity contribution < 1.29 is 18.7 Å². The highest BCUT2D eigenvalue weighted by molar-refractivity contribution is 5.74. The molecule has 0 saturated carbocycles. The van der Waals surface area contributed by atoms with Crippen molar-refractivity contribution in [3.8, 4) is 0 Å². The van der Waals surface area contributed by atoms with Gasteiger partial charge in [-0.25, -0.2) is 9.18 Å². The van der Waals surface area contributed by atoms with E-state index in [0.717, 1.165) is 11.1 Å². The SMILES string of the molecule is CC(C)(C)OC(=O)N1C2C=C(c3ccc(F)cc3)CC1COC2. The summed E-state index contributed by atoms with van der Waals surface area (Å²) in [5.41, 5.74) is 1.60. The Bertz CT molecular complexity index is 618. The molecule has 2 aliphatic rings. The maximum absolute atomic E-state index is 13.1. The molecule has 1 aromatic carbocycles. The van der Waals surface area contributed by atoms with Crippen molar-refractivity contribution in [2.75, 3.05) is 13.2 Å². The fraction of sp³-hybridized carbons (Fsp3) is 0.500. The number of hydrogen-bond donors (Lipinski definition) is 0. The number of carbonyl (C=O) groups excluding carboxylic acids is 1. The van der Waals surface area contributed by atoms with Crippen LogP contribution in [0, 0.1) is 5.82 Å². The predicted octanol–water partition coefficient (Wildman–Crippen LogP) is 3.62. The molecule has 23 heavy (non-hydrogen) atoms. The molecule has 2 heterocycles. The van der Waals surface area contributed by atoms with Crippen molar-refractivity contribution in [1.29, 1.82) is 0 Å². The van der Waals surface area contributed by atoms with Gasteiger partial charge in [0.2, 0.25) is 0 Å². The van der Waals surface area contributed by atoms with Gasteiger partial charge in [0, 0.05) is 0 Å². The molecule has 0 spiro atoms. The van der Waals surface area contributed by atoms with Crippen molar-refractivity contribution in [1.82, 2.24) is 4.90 Å². The van der Waals surface area contributed by atoms with Gasteiger partial charge in [-0.1, -0.05) is 18.2 Å². The molecular weight excluding hydrogens is 297 g/mol. The molecule has 0 N–H and O–H groups in total. The van der Waals surface area contributed by atoms with E-state index in [4.69, 9.17) is 9.47 Å². The zero-order valence-corrected chi connectivity index (χ0v) is 13.7. The quantitative estimate of drug-likeness (QED) is 0.793. The van der Waals surface area contributed by atoms with Crippen LogP contribution >= 0.6 is 0 Å². The molecule has 1 saturated heterocycles. The summed E-state index contributed by atoms with van der Waals surface area (Å²) in [5.74, 6) is -0.246. The van der Waals surface area contributed by atoms with Crippen LogP contribution in [-0.4, -0.2) is 41.9 Å². The van der Waals surface area contributed by atoms with Gasteiger partial charge >= 0.3 is 6.09 Å². The standard InChI is InChI=1S/C18H22FNO3/c1-18(2,3)23-17(21)20-15-8-13(9-16(20)11-22-10-15)12-4-6-14(19)7-5-12/h4-8,15-16H,9-11H2,1-3H3. The Morgan fingerprint density at radius 3 is 2.57 bits per heavy atom. The lowest BCUT2D eigenvalue weighted by molar-refractivity contribution is -0.0510. The lowest BCUT2D eigenvalue weighted by Gasteiger charge is -2.44. The Kier molecular flexibility index (Phi) is 4.15. The van der Waals surface area contributed by atoms with E-state index < -0.39 is 5.60 Å². The van der Waals surface area contributed by atoms with E-state index in [1.807, 2.05) is 26.8 Å². The number of hydrogen-bond acceptors (Lipinski definition) is 3. The maximum Gasteiger partial charge on any atom is 0.411 e. The summed E-state index contributed by atoms with van der Waals surface area (Å²) in [6, 6.07) is 6.29. The highest BCUT2D eigenvalue weighted by Gasteiger charge is 2.40. The van der Waals surface area contributed by atoms with Crippen LogP contribution in [0.1, 0.15) is 32.8 Å². The molecule has 5 heteroatoms. The highest BCUT2D eigenvalue weighted by Crippen LogP contribution is 2.33. The summed E-state index contributed by atoms with van der Waals surface area (Å²) in [5, 5.41) is 0. The molecule has 3 rings (SSSR count). The van der Waals surface area contributed by atoms with Gasteiger partial charge in [0.1, 0.15) is 11.4 Å². The van der Waals surface area contributed by atoms with E-state index in [0.29, 0.717) is 19.6 Å². The Hall–Kier alpha value is -1.88. The van der Waals surface area contributed by atoms with Gasteiger partial charge in [0.25, 0.3) is 0 Å². The van der Waals surface area contributed by atoms with Crippen molar-refractivity contribution in [2.24, 2.45) is 0 Å². The lowest BCUT2D eigenvalue weighted by atomic mass is 9.90. The van der Waals surface area contributed by atoms with Crippen LogP contribution in [0.5, 0.6) is 0 Å². The van der Waals surface area contributed by atoms with E-state index in [-0.39, 0.29) is 24.0 Å². The summed E-state index contributed by atoms with van der Waals surface area (Å²) in [6.45, 7) is 6.54. The monoisotopic (exact) mass is 319 g/mol. The minimum absolute atomic E-state index is 0.0475. The summed E-state index contributed by atoms with van der Waals surface area (Å²) in [7, 11) is 0. The fourth-order valence-corrected chi connectivity index (χ4v) is 3.07. The number of fused-ring (bicyclic) bond motifs is 2. The first kappa shape index (κ1) is 16.0. The van der Waals surface area contributed by atoms with Crippen LogP contribution in [0.4, 0.5) is 9.18 Å². The minimum Gasteiger partial charge on any atom is -0.444 e. The molecule has 1 aromatic rings. The number of nitrogens with zero attached hydrogens (tertiary/aromatic N) is 1. The second kappa shape index (κ2) is 5.96. The number of carbonyl (C=O) groups is 1. The molecule has 0 radical (unpaired) electrons. The van der Waals surface area contributed by atoms with Crippen LogP contribution in [0.2, 0.25) is 0 Å². The fourth-order valence-electron chi connectivity index (χ4n) is 3.07. The van der Waals surface area contributed by atoms with E-state index >= 15 is 0 Å². The Morgan fingerprint density at radius 2 is 1.96 bits per heavy atom. The van der Waals surface area contributed by atoms with Crippen LogP contribution in [0.3, 0.4) is 0 Å². The predicted molar refractivity (Wildman–Crippen MR) is 85.5 cm³/mol. The molecule has 124 valence electrons. The molecule has 2 atom stereocenters. The van der Waals surface area contributed by atoms with E-state index in [1.165, 1.54) is 12.1 Å². The van der Waals surface area contributed by atoms with Gasteiger partial charge in [-0.3, -0.25) is 4.90 Å². The highest BCUT2D eigenvalue weighted by atomic mass is 19.1. The maximum atomic E-state index is 13.1. The number of halogens is 1. The van der Waals surface area contributed by atoms with Gasteiger partial charge < -0.3 is 9.47 Å². The molecule has 2 aliphatic heterocycles. The van der Waals surface area contributed by atoms with E-state index in [1.54, 1.807) is 17.0 Å². The normalized spacial score (nSPS) is 24.2. The Labute approximate surface area is 135 Å². The summed E-state index contributed by atoms with van der Waals surface area (Å²) < 4.78 is 24.2. The third kappa shape index (κ3) is 3.55. The number of ether oxygens (including phenoxy) is 2. The molecular formula is C18H22FNO3. The largest absolute Gasteiger partial charge is 0.444 e. The number of amides is 1. The number of rotatable bonds is 1. The topological polar surface area (TPSA) is 38.8 Å². The molecule has 4 nitrogen and oxygen atoms in total. The van der Waals surface area contributed by atoms with Gasteiger partial charge in [-0.15, -0.1) is 0 Å². The summed E-state index contributed by atoms with van der Waals surface area (Å²) >= 11 is 0. The van der Waals surface area contributed by atoms with Crippen molar-refractivity contribution in [2.45, 2.75) is 44.9 Å². The van der Waals surface area contributed by atoms with Gasteiger partial charge in [0.15, 0.2) is 0 Å². The minimum atomic E-state index is -0.521.